The first-order valence-corrected chi connectivity index (χ1v) is 4.85. The molecule has 0 aliphatic carbocycles. The van der Waals surface area contributed by atoms with Crippen molar-refractivity contribution in [3.05, 3.63) is 48.7 Å². The van der Waals surface area contributed by atoms with Crippen LogP contribution in [0.4, 0.5) is 0 Å². The van der Waals surface area contributed by atoms with Crippen molar-refractivity contribution in [1.82, 2.24) is 15.0 Å². The minimum absolute atomic E-state index is 0.722. The van der Waals surface area contributed by atoms with Crippen molar-refractivity contribution in [2.75, 3.05) is 0 Å². The average molecular weight is 199 g/mol. The van der Waals surface area contributed by atoms with Crippen LogP contribution in [0.3, 0.4) is 0 Å². The van der Waals surface area contributed by atoms with Crippen molar-refractivity contribution in [2.24, 2.45) is 0 Å². The quantitative estimate of drug-likeness (QED) is 0.711. The van der Waals surface area contributed by atoms with E-state index in [2.05, 4.69) is 16.9 Å². The van der Waals surface area contributed by atoms with Gasteiger partial charge in [-0.25, -0.2) is 4.68 Å². The van der Waals surface area contributed by atoms with E-state index in [0.29, 0.717) is 0 Å². The molecule has 0 atom stereocenters. The molecule has 3 heteroatoms. The molecule has 1 aromatic carbocycles. The zero-order valence-corrected chi connectivity index (χ0v) is 8.72. The van der Waals surface area contributed by atoms with E-state index in [1.807, 2.05) is 43.5 Å². The van der Waals surface area contributed by atoms with E-state index >= 15 is 0 Å². The van der Waals surface area contributed by atoms with Crippen molar-refractivity contribution in [1.29, 1.82) is 0 Å². The second-order valence-corrected chi connectivity index (χ2v) is 3.62. The summed E-state index contributed by atoms with van der Waals surface area (Å²) >= 11 is 0. The molecule has 2 aromatic rings. The van der Waals surface area contributed by atoms with E-state index in [-0.39, 0.29) is 0 Å². The molecule has 0 aliphatic rings. The molecule has 2 rings (SSSR count). The number of hydrogen-bond acceptors (Lipinski definition) is 2. The molecule has 0 spiro atoms. The first-order chi connectivity index (χ1) is 7.25. The Morgan fingerprint density at radius 3 is 2.73 bits per heavy atom. The Morgan fingerprint density at radius 2 is 2.07 bits per heavy atom. The van der Waals surface area contributed by atoms with Crippen molar-refractivity contribution >= 4 is 0 Å². The summed E-state index contributed by atoms with van der Waals surface area (Å²) < 4.78 is 1.80. The monoisotopic (exact) mass is 199 g/mol. The Labute approximate surface area is 89.1 Å². The van der Waals surface area contributed by atoms with Gasteiger partial charge in [-0.1, -0.05) is 47.7 Å². The Kier molecular flexibility index (Phi) is 2.63. The predicted octanol–water partition coefficient (Wildman–Crippen LogP) is 2.52. The lowest BCUT2D eigenvalue weighted by Gasteiger charge is -1.96. The van der Waals surface area contributed by atoms with Crippen molar-refractivity contribution in [3.63, 3.8) is 0 Å². The van der Waals surface area contributed by atoms with Gasteiger partial charge in [0.05, 0.1) is 12.7 Å². The van der Waals surface area contributed by atoms with Crippen molar-refractivity contribution in [2.45, 2.75) is 13.5 Å². The van der Waals surface area contributed by atoms with E-state index in [4.69, 9.17) is 0 Å². The molecular weight excluding hydrogens is 186 g/mol. The summed E-state index contributed by atoms with van der Waals surface area (Å²) in [5.41, 5.74) is 3.06. The summed E-state index contributed by atoms with van der Waals surface area (Å²) in [5, 5.41) is 8.15. The molecule has 15 heavy (non-hydrogen) atoms. The highest BCUT2D eigenvalue weighted by molar-refractivity contribution is 5.57. The summed E-state index contributed by atoms with van der Waals surface area (Å²) in [5.74, 6) is 0. The highest BCUT2D eigenvalue weighted by atomic mass is 15.4. The zero-order chi connectivity index (χ0) is 10.7. The molecule has 0 radical (unpaired) electrons. The topological polar surface area (TPSA) is 30.7 Å². The molecule has 0 saturated heterocycles. The van der Waals surface area contributed by atoms with Crippen molar-refractivity contribution < 1.29 is 0 Å². The summed E-state index contributed by atoms with van der Waals surface area (Å²) in [6.45, 7) is 6.54. The van der Waals surface area contributed by atoms with Crippen LogP contribution in [0.25, 0.3) is 11.3 Å². The van der Waals surface area contributed by atoms with Crippen LogP contribution in [0.5, 0.6) is 0 Å². The Balaban J connectivity index is 2.24. The van der Waals surface area contributed by atoms with Crippen LogP contribution < -0.4 is 0 Å². The fourth-order valence-electron chi connectivity index (χ4n) is 1.39. The van der Waals surface area contributed by atoms with Crippen LogP contribution in [-0.2, 0) is 6.54 Å². The van der Waals surface area contributed by atoms with Crippen LogP contribution in [0, 0.1) is 0 Å². The van der Waals surface area contributed by atoms with E-state index in [0.717, 1.165) is 23.4 Å². The lowest BCUT2D eigenvalue weighted by molar-refractivity contribution is 0.643. The number of hydrogen-bond donors (Lipinski definition) is 0. The van der Waals surface area contributed by atoms with Gasteiger partial charge in [-0.15, -0.1) is 5.10 Å². The van der Waals surface area contributed by atoms with Crippen LogP contribution in [0.15, 0.2) is 48.7 Å². The molecular formula is C12H13N3. The highest BCUT2D eigenvalue weighted by Crippen LogP contribution is 2.14. The lowest BCUT2D eigenvalue weighted by Crippen LogP contribution is -1.98. The number of nitrogens with zero attached hydrogens (tertiary/aromatic N) is 3. The fourth-order valence-corrected chi connectivity index (χ4v) is 1.39. The van der Waals surface area contributed by atoms with Gasteiger partial charge in [0, 0.05) is 5.56 Å². The van der Waals surface area contributed by atoms with E-state index in [1.54, 1.807) is 4.68 Å². The van der Waals surface area contributed by atoms with Gasteiger partial charge in [0.1, 0.15) is 5.69 Å². The highest BCUT2D eigenvalue weighted by Gasteiger charge is 2.02. The van der Waals surface area contributed by atoms with Crippen LogP contribution in [-0.4, -0.2) is 15.0 Å². The number of aromatic nitrogens is 3. The van der Waals surface area contributed by atoms with Crippen LogP contribution >= 0.6 is 0 Å². The smallest absolute Gasteiger partial charge is 0.113 e. The minimum atomic E-state index is 0.722. The molecule has 0 amide bonds. The maximum absolute atomic E-state index is 4.11. The third-order valence-corrected chi connectivity index (χ3v) is 2.04. The van der Waals surface area contributed by atoms with Gasteiger partial charge in [-0.2, -0.15) is 0 Å². The van der Waals surface area contributed by atoms with Gasteiger partial charge in [0.15, 0.2) is 0 Å². The number of rotatable bonds is 3. The van der Waals surface area contributed by atoms with E-state index < -0.39 is 0 Å². The van der Waals surface area contributed by atoms with Crippen LogP contribution in [0.2, 0.25) is 0 Å². The average Bonchev–Trinajstić information content (AvgIpc) is 2.67. The third kappa shape index (κ3) is 2.31. The Bertz CT molecular complexity index is 457. The summed E-state index contributed by atoms with van der Waals surface area (Å²) in [6, 6.07) is 10.0. The van der Waals surface area contributed by atoms with E-state index in [9.17, 15) is 0 Å². The Morgan fingerprint density at radius 1 is 1.33 bits per heavy atom. The summed E-state index contributed by atoms with van der Waals surface area (Å²) in [7, 11) is 0. The fraction of sp³-hybridized carbons (Fsp3) is 0.167. The Hall–Kier alpha value is -1.90. The predicted molar refractivity (Wildman–Crippen MR) is 60.3 cm³/mol. The lowest BCUT2D eigenvalue weighted by atomic mass is 10.2. The standard InChI is InChI=1S/C12H13N3/c1-10(2)8-15-9-12(13-14-15)11-6-4-3-5-7-11/h3-7,9H,1,8H2,2H3. The molecule has 1 heterocycles. The van der Waals surface area contributed by atoms with Crippen LogP contribution in [0.1, 0.15) is 6.92 Å². The van der Waals surface area contributed by atoms with Gasteiger partial charge in [0.25, 0.3) is 0 Å². The first-order valence-electron chi connectivity index (χ1n) is 4.85. The molecule has 0 saturated carbocycles. The van der Waals surface area contributed by atoms with Gasteiger partial charge in [-0.05, 0) is 6.92 Å². The second kappa shape index (κ2) is 4.09. The van der Waals surface area contributed by atoms with Gasteiger partial charge < -0.3 is 0 Å². The zero-order valence-electron chi connectivity index (χ0n) is 8.72. The molecule has 0 unspecified atom stereocenters. The van der Waals surface area contributed by atoms with Gasteiger partial charge >= 0.3 is 0 Å². The maximum atomic E-state index is 4.11. The van der Waals surface area contributed by atoms with E-state index in [1.165, 1.54) is 0 Å². The largest absolute Gasteiger partial charge is 0.248 e. The molecule has 0 bridgehead atoms. The number of allylic oxidation sites excluding steroid dienone is 1. The third-order valence-electron chi connectivity index (χ3n) is 2.04. The molecule has 0 N–H and O–H groups in total. The summed E-state index contributed by atoms with van der Waals surface area (Å²) in [6.07, 6.45) is 1.93. The van der Waals surface area contributed by atoms with Gasteiger partial charge in [0.2, 0.25) is 0 Å². The molecule has 0 fully saturated rings. The van der Waals surface area contributed by atoms with Gasteiger partial charge in [-0.3, -0.25) is 0 Å². The normalized spacial score (nSPS) is 10.2. The summed E-state index contributed by atoms with van der Waals surface area (Å²) in [4.78, 5) is 0. The number of benzene rings is 1. The minimum Gasteiger partial charge on any atom is -0.248 e. The molecule has 3 nitrogen and oxygen atoms in total. The molecule has 1 aromatic heterocycles. The SMILES string of the molecule is C=C(C)Cn1cc(-c2ccccc2)nn1. The maximum Gasteiger partial charge on any atom is 0.113 e. The molecule has 76 valence electrons. The first kappa shape index (κ1) is 9.65. The second-order valence-electron chi connectivity index (χ2n) is 3.62. The molecule has 0 aliphatic heterocycles. The van der Waals surface area contributed by atoms with Crippen molar-refractivity contribution in [3.8, 4) is 11.3 Å².